The molecule has 0 aromatic heterocycles. The second-order valence-corrected chi connectivity index (χ2v) is 25.1. The van der Waals surface area contributed by atoms with Crippen molar-refractivity contribution in [3.63, 3.8) is 0 Å². The molecule has 0 aliphatic rings. The molecule has 4 rings (SSSR count). The summed E-state index contributed by atoms with van der Waals surface area (Å²) in [6.45, 7) is 0. The van der Waals surface area contributed by atoms with Crippen LogP contribution in [0.2, 0.25) is 0 Å². The summed E-state index contributed by atoms with van der Waals surface area (Å²) in [6.07, 6.45) is 2.39. The Morgan fingerprint density at radius 2 is 1.00 bits per heavy atom. The number of benzene rings is 4. The van der Waals surface area contributed by atoms with Gasteiger partial charge in [-0.15, -0.1) is 0 Å². The van der Waals surface area contributed by atoms with Gasteiger partial charge >= 0.3 is 189 Å². The van der Waals surface area contributed by atoms with E-state index in [4.69, 9.17) is 8.58 Å². The van der Waals surface area contributed by atoms with Crippen molar-refractivity contribution in [2.45, 2.75) is 0 Å². The summed E-state index contributed by atoms with van der Waals surface area (Å²) < 4.78 is -2.25. The maximum absolute atomic E-state index is 7.12. The zero-order chi connectivity index (χ0) is 19.9. The van der Waals surface area contributed by atoms with Gasteiger partial charge in [0.2, 0.25) is 0 Å². The van der Waals surface area contributed by atoms with E-state index in [9.17, 15) is 0 Å². The molecule has 0 saturated carbocycles. The molecule has 0 bridgehead atoms. The second kappa shape index (κ2) is 9.81. The van der Waals surface area contributed by atoms with Gasteiger partial charge in [0, 0.05) is 0 Å². The summed E-state index contributed by atoms with van der Waals surface area (Å²) in [7, 11) is 7.12. The summed E-state index contributed by atoms with van der Waals surface area (Å²) in [4.78, 5) is 0. The van der Waals surface area contributed by atoms with Crippen molar-refractivity contribution in [2.75, 3.05) is 0 Å². The summed E-state index contributed by atoms with van der Waals surface area (Å²) in [6, 6.07) is 43.4. The van der Waals surface area contributed by atoms with Crippen molar-refractivity contribution in [1.29, 1.82) is 0 Å². The second-order valence-electron chi connectivity index (χ2n) is 6.91. The van der Waals surface area contributed by atoms with Gasteiger partial charge in [-0.3, -0.25) is 0 Å². The summed E-state index contributed by atoms with van der Waals surface area (Å²) in [5.74, 6) is 0. The normalized spacial score (nSPS) is 12.4. The average molecular weight is 579 g/mol. The van der Waals surface area contributed by atoms with Gasteiger partial charge in [-0.25, -0.2) is 0 Å². The van der Waals surface area contributed by atoms with Crippen LogP contribution in [0.5, 0.6) is 0 Å². The maximum atomic E-state index is 7.12. The van der Waals surface area contributed by atoms with Crippen LogP contribution in [0.25, 0.3) is 11.4 Å². The van der Waals surface area contributed by atoms with E-state index in [1.165, 1.54) is 27.1 Å². The standard InChI is InChI=1S/C26H21P.ClH.Hf/c1-5-13-22(14-6-1)21-26(23-15-7-2-8-16-23)27(24-17-9-3-10-18-24)25-19-11-4-12-20-25;;/h1-21H;1H;. The third-order valence-corrected chi connectivity index (χ3v) is 28.2. The van der Waals surface area contributed by atoms with Crippen LogP contribution in [0.1, 0.15) is 11.1 Å². The molecule has 142 valence electrons. The zero-order valence-corrected chi connectivity index (χ0v) is 21.4. The average Bonchev–Trinajstić information content (AvgIpc) is 2.82. The third-order valence-electron chi connectivity index (χ3n) is 5.15. The fourth-order valence-corrected chi connectivity index (χ4v) is 24.6. The molecular weight excluding hydrogens is 557 g/mol. The topological polar surface area (TPSA) is 0 Å². The van der Waals surface area contributed by atoms with Gasteiger partial charge in [0.25, 0.3) is 0 Å². The molecule has 0 radical (unpaired) electrons. The van der Waals surface area contributed by atoms with E-state index < -0.39 is 25.8 Å². The minimum absolute atomic E-state index is 1.23. The monoisotopic (exact) mass is 580 g/mol. The fraction of sp³-hybridized carbons (Fsp3) is 0. The molecule has 0 amide bonds. The van der Waals surface area contributed by atoms with Gasteiger partial charge in [0.05, 0.1) is 0 Å². The fourth-order valence-electron chi connectivity index (χ4n) is 3.76. The molecule has 0 heterocycles. The molecule has 0 unspecified atom stereocenters. The molecule has 3 heteroatoms. The Morgan fingerprint density at radius 1 is 0.586 bits per heavy atom. The molecule has 0 N–H and O–H groups in total. The van der Waals surface area contributed by atoms with E-state index in [0.29, 0.717) is 0 Å². The van der Waals surface area contributed by atoms with E-state index in [-0.39, 0.29) is 0 Å². The first-order chi connectivity index (χ1) is 14.3. The minimum atomic E-state index is -2.25. The van der Waals surface area contributed by atoms with Crippen molar-refractivity contribution in [3.05, 3.63) is 132 Å². The number of halogens is 1. The van der Waals surface area contributed by atoms with E-state index in [0.717, 1.165) is 0 Å². The quantitative estimate of drug-likeness (QED) is 0.135. The van der Waals surface area contributed by atoms with Gasteiger partial charge in [-0.05, 0) is 0 Å². The van der Waals surface area contributed by atoms with Gasteiger partial charge in [-0.2, -0.15) is 0 Å². The van der Waals surface area contributed by atoms with E-state index in [1.807, 2.05) is 0 Å². The van der Waals surface area contributed by atoms with Crippen molar-refractivity contribution in [3.8, 4) is 0 Å². The van der Waals surface area contributed by atoms with Gasteiger partial charge in [-0.1, -0.05) is 0 Å². The Bertz CT molecular complexity index is 1030. The van der Waals surface area contributed by atoms with Crippen molar-refractivity contribution in [1.82, 2.24) is 0 Å². The van der Waals surface area contributed by atoms with Crippen molar-refractivity contribution in [2.24, 2.45) is 0 Å². The first kappa shape index (κ1) is 20.5. The molecule has 0 aliphatic heterocycles. The first-order valence-corrected chi connectivity index (χ1v) is 21.5. The molecule has 4 aromatic rings. The molecule has 29 heavy (non-hydrogen) atoms. The summed E-state index contributed by atoms with van der Waals surface area (Å²) in [5, 5.41) is 4.24. The molecular formula is C26H22ClHfP. The van der Waals surface area contributed by atoms with Crippen molar-refractivity contribution < 1.29 is 21.1 Å². The van der Waals surface area contributed by atoms with Gasteiger partial charge in [0.15, 0.2) is 0 Å². The summed E-state index contributed by atoms with van der Waals surface area (Å²) in [5.41, 5.74) is 2.51. The number of hydrogen-bond donors (Lipinski definition) is 0. The number of rotatable bonds is 6. The van der Waals surface area contributed by atoms with E-state index in [2.05, 4.69) is 127 Å². The predicted octanol–water partition coefficient (Wildman–Crippen LogP) is 6.74. The molecule has 0 atom stereocenters. The third kappa shape index (κ3) is 4.38. The van der Waals surface area contributed by atoms with Crippen LogP contribution in [-0.2, 0) is 21.1 Å². The van der Waals surface area contributed by atoms with Crippen LogP contribution in [0.3, 0.4) is 0 Å². The SMILES string of the molecule is [Cl][Hf][PH](C(=Cc1ccccc1)c1ccccc1)(c1ccccc1)c1ccccc1. The molecule has 0 saturated heterocycles. The molecule has 0 aliphatic carbocycles. The Morgan fingerprint density at radius 3 is 1.45 bits per heavy atom. The Balaban J connectivity index is 2.05. The Labute approximate surface area is 187 Å². The molecule has 4 aromatic carbocycles. The predicted molar refractivity (Wildman–Crippen MR) is 127 cm³/mol. The Hall–Kier alpha value is -1.79. The first-order valence-electron chi connectivity index (χ1n) is 9.66. The van der Waals surface area contributed by atoms with Crippen LogP contribution in [-0.4, -0.2) is 0 Å². The van der Waals surface area contributed by atoms with Crippen molar-refractivity contribution >= 4 is 35.2 Å². The molecule has 0 nitrogen and oxygen atoms in total. The van der Waals surface area contributed by atoms with E-state index in [1.54, 1.807) is 0 Å². The van der Waals surface area contributed by atoms with Crippen LogP contribution >= 0.6 is 13.2 Å². The van der Waals surface area contributed by atoms with Crippen LogP contribution in [0.15, 0.2) is 121 Å². The molecule has 0 spiro atoms. The van der Waals surface area contributed by atoms with Crippen LogP contribution in [0.4, 0.5) is 0 Å². The molecule has 0 fully saturated rings. The summed E-state index contributed by atoms with van der Waals surface area (Å²) >= 11 is -1.55. The van der Waals surface area contributed by atoms with Gasteiger partial charge < -0.3 is 0 Å². The van der Waals surface area contributed by atoms with Gasteiger partial charge in [0.1, 0.15) is 0 Å². The number of hydrogen-bond acceptors (Lipinski definition) is 0. The van der Waals surface area contributed by atoms with Crippen LogP contribution < -0.4 is 10.6 Å². The van der Waals surface area contributed by atoms with Crippen LogP contribution in [0, 0.1) is 0 Å². The zero-order valence-electron chi connectivity index (χ0n) is 16.0. The van der Waals surface area contributed by atoms with E-state index >= 15 is 0 Å². The Kier molecular flexibility index (Phi) is 6.93.